The summed E-state index contributed by atoms with van der Waals surface area (Å²) in [7, 11) is 0. The number of hydrogen-bond donors (Lipinski definition) is 1. The SMILES string of the molecule is CC(C)(C)OC(=O)N1CC=C(c2cccc(-c3c[nH]c4nc[nH+]cc34)n2)CC1. The second-order valence-electron chi connectivity index (χ2n) is 7.85. The van der Waals surface area contributed by atoms with E-state index in [-0.39, 0.29) is 6.09 Å². The highest BCUT2D eigenvalue weighted by molar-refractivity contribution is 5.91. The predicted octanol–water partition coefficient (Wildman–Crippen LogP) is 3.46. The first kappa shape index (κ1) is 18.2. The number of amides is 1. The summed E-state index contributed by atoms with van der Waals surface area (Å²) in [5.74, 6) is 0. The minimum Gasteiger partial charge on any atom is -0.444 e. The molecule has 0 bridgehead atoms. The van der Waals surface area contributed by atoms with E-state index in [0.717, 1.165) is 40.0 Å². The summed E-state index contributed by atoms with van der Waals surface area (Å²) in [4.78, 5) is 29.3. The lowest BCUT2D eigenvalue weighted by molar-refractivity contribution is -0.380. The number of pyridine rings is 1. The molecule has 1 aliphatic heterocycles. The van der Waals surface area contributed by atoms with Crippen molar-refractivity contribution >= 4 is 22.7 Å². The largest absolute Gasteiger partial charge is 0.444 e. The molecule has 1 aliphatic rings. The van der Waals surface area contributed by atoms with Gasteiger partial charge in [-0.15, -0.1) is 0 Å². The molecule has 2 N–H and O–H groups in total. The topological polar surface area (TPSA) is 85.2 Å². The molecule has 28 heavy (non-hydrogen) atoms. The minimum absolute atomic E-state index is 0.271. The summed E-state index contributed by atoms with van der Waals surface area (Å²) in [5.41, 5.74) is 4.32. The molecule has 0 atom stereocenters. The Morgan fingerprint density at radius 3 is 2.86 bits per heavy atom. The van der Waals surface area contributed by atoms with E-state index in [1.165, 1.54) is 0 Å². The van der Waals surface area contributed by atoms with Gasteiger partial charge in [-0.1, -0.05) is 12.1 Å². The first-order chi connectivity index (χ1) is 13.4. The summed E-state index contributed by atoms with van der Waals surface area (Å²) < 4.78 is 5.46. The molecule has 3 aromatic heterocycles. The molecule has 0 aliphatic carbocycles. The lowest BCUT2D eigenvalue weighted by atomic mass is 10.0. The van der Waals surface area contributed by atoms with Crippen molar-refractivity contribution in [2.45, 2.75) is 32.8 Å². The van der Waals surface area contributed by atoms with Gasteiger partial charge in [-0.3, -0.25) is 0 Å². The van der Waals surface area contributed by atoms with Gasteiger partial charge >= 0.3 is 6.09 Å². The molecule has 4 rings (SSSR count). The van der Waals surface area contributed by atoms with Crippen LogP contribution in [0.1, 0.15) is 32.9 Å². The number of ether oxygens (including phenoxy) is 1. The average Bonchev–Trinajstić information content (AvgIpc) is 3.11. The third-order valence-electron chi connectivity index (χ3n) is 4.61. The first-order valence-corrected chi connectivity index (χ1v) is 9.39. The summed E-state index contributed by atoms with van der Waals surface area (Å²) in [5, 5.41) is 1.00. The van der Waals surface area contributed by atoms with Crippen molar-refractivity contribution < 1.29 is 14.5 Å². The summed E-state index contributed by atoms with van der Waals surface area (Å²) >= 11 is 0. The van der Waals surface area contributed by atoms with Gasteiger partial charge in [0.1, 0.15) is 11.8 Å². The fourth-order valence-electron chi connectivity index (χ4n) is 3.27. The summed E-state index contributed by atoms with van der Waals surface area (Å²) in [6.45, 7) is 6.79. The molecule has 1 amide bonds. The lowest BCUT2D eigenvalue weighted by Crippen LogP contribution is -2.39. The highest BCUT2D eigenvalue weighted by atomic mass is 16.6. The van der Waals surface area contributed by atoms with Crippen LogP contribution in [0.15, 0.2) is 43.0 Å². The molecule has 0 spiro atoms. The zero-order valence-electron chi connectivity index (χ0n) is 16.3. The van der Waals surface area contributed by atoms with Crippen LogP contribution in [0.5, 0.6) is 0 Å². The molecule has 0 unspecified atom stereocenters. The van der Waals surface area contributed by atoms with Gasteiger partial charge in [-0.2, -0.15) is 0 Å². The lowest BCUT2D eigenvalue weighted by Gasteiger charge is -2.29. The van der Waals surface area contributed by atoms with E-state index in [1.807, 2.05) is 51.4 Å². The van der Waals surface area contributed by atoms with Crippen LogP contribution in [-0.4, -0.2) is 44.6 Å². The maximum atomic E-state index is 12.2. The molecule has 0 saturated heterocycles. The maximum absolute atomic E-state index is 12.2. The molecule has 7 heteroatoms. The van der Waals surface area contributed by atoms with Crippen LogP contribution in [-0.2, 0) is 4.74 Å². The van der Waals surface area contributed by atoms with Crippen LogP contribution in [0.25, 0.3) is 27.9 Å². The maximum Gasteiger partial charge on any atom is 0.410 e. The van der Waals surface area contributed by atoms with E-state index >= 15 is 0 Å². The van der Waals surface area contributed by atoms with Crippen LogP contribution in [0.2, 0.25) is 0 Å². The van der Waals surface area contributed by atoms with E-state index < -0.39 is 5.60 Å². The highest BCUT2D eigenvalue weighted by Gasteiger charge is 2.24. The molecule has 7 nitrogen and oxygen atoms in total. The van der Waals surface area contributed by atoms with Crippen LogP contribution in [0.4, 0.5) is 4.79 Å². The van der Waals surface area contributed by atoms with Crippen molar-refractivity contribution in [3.05, 3.63) is 48.7 Å². The van der Waals surface area contributed by atoms with E-state index in [1.54, 1.807) is 11.2 Å². The Hall–Kier alpha value is -3.22. The van der Waals surface area contributed by atoms with Crippen molar-refractivity contribution in [2.24, 2.45) is 0 Å². The van der Waals surface area contributed by atoms with Crippen molar-refractivity contribution in [3.8, 4) is 11.3 Å². The van der Waals surface area contributed by atoms with Gasteiger partial charge in [0, 0.05) is 24.8 Å². The molecule has 0 fully saturated rings. The number of carbonyl (C=O) groups excluding carboxylic acids is 1. The second kappa shape index (κ2) is 7.07. The standard InChI is InChI=1S/C21H23N5O2/c1-21(2,3)28-20(27)26-9-7-14(8-10-26)17-5-4-6-18(25-17)15-12-23-19-16(15)11-22-13-24-19/h4-7,11-13H,8-10H2,1-3H3,(H,22,23,24)/p+1. The van der Waals surface area contributed by atoms with Crippen molar-refractivity contribution in [3.63, 3.8) is 0 Å². The Morgan fingerprint density at radius 2 is 2.11 bits per heavy atom. The number of fused-ring (bicyclic) bond motifs is 1. The van der Waals surface area contributed by atoms with Gasteiger partial charge in [0.25, 0.3) is 12.0 Å². The van der Waals surface area contributed by atoms with Crippen molar-refractivity contribution in [2.75, 3.05) is 13.1 Å². The van der Waals surface area contributed by atoms with Gasteiger partial charge in [0.05, 0.1) is 16.8 Å². The zero-order valence-corrected chi connectivity index (χ0v) is 16.3. The predicted molar refractivity (Wildman–Crippen MR) is 106 cm³/mol. The van der Waals surface area contributed by atoms with E-state index in [9.17, 15) is 4.79 Å². The molecule has 4 heterocycles. The smallest absolute Gasteiger partial charge is 0.410 e. The normalized spacial score (nSPS) is 14.8. The van der Waals surface area contributed by atoms with Crippen LogP contribution in [0.3, 0.4) is 0 Å². The molecule has 0 aromatic carbocycles. The van der Waals surface area contributed by atoms with Gasteiger partial charge in [0.15, 0.2) is 0 Å². The van der Waals surface area contributed by atoms with Gasteiger partial charge < -0.3 is 14.6 Å². The van der Waals surface area contributed by atoms with Crippen LogP contribution in [0, 0.1) is 0 Å². The zero-order chi connectivity index (χ0) is 19.7. The number of nitrogens with one attached hydrogen (secondary N) is 2. The Labute approximate surface area is 163 Å². The van der Waals surface area contributed by atoms with Crippen molar-refractivity contribution in [1.29, 1.82) is 0 Å². The molecule has 0 radical (unpaired) electrons. The van der Waals surface area contributed by atoms with E-state index in [0.29, 0.717) is 13.1 Å². The summed E-state index contributed by atoms with van der Waals surface area (Å²) in [6, 6.07) is 6.02. The first-order valence-electron chi connectivity index (χ1n) is 9.39. The Kier molecular flexibility index (Phi) is 4.58. The second-order valence-corrected chi connectivity index (χ2v) is 7.85. The fraction of sp³-hybridized carbons (Fsp3) is 0.333. The highest BCUT2D eigenvalue weighted by Crippen LogP contribution is 2.28. The van der Waals surface area contributed by atoms with Gasteiger partial charge in [0.2, 0.25) is 0 Å². The number of carbonyl (C=O) groups is 1. The quantitative estimate of drug-likeness (QED) is 0.740. The van der Waals surface area contributed by atoms with E-state index in [4.69, 9.17) is 9.72 Å². The molecular weight excluding hydrogens is 354 g/mol. The van der Waals surface area contributed by atoms with Crippen LogP contribution < -0.4 is 4.98 Å². The minimum atomic E-state index is -0.484. The van der Waals surface area contributed by atoms with Gasteiger partial charge in [-0.05, 0) is 49.9 Å². The number of H-pyrrole nitrogens is 2. The van der Waals surface area contributed by atoms with Crippen LogP contribution >= 0.6 is 0 Å². The average molecular weight is 378 g/mol. The molecule has 144 valence electrons. The van der Waals surface area contributed by atoms with E-state index in [2.05, 4.69) is 21.0 Å². The number of aromatic nitrogens is 4. The van der Waals surface area contributed by atoms with Crippen molar-refractivity contribution in [1.82, 2.24) is 19.9 Å². The molecular formula is C21H24N5O2+. The molecule has 3 aromatic rings. The Morgan fingerprint density at radius 1 is 1.29 bits per heavy atom. The monoisotopic (exact) mass is 378 g/mol. The molecule has 0 saturated carbocycles. The fourth-order valence-corrected chi connectivity index (χ4v) is 3.27. The third kappa shape index (κ3) is 3.74. The Balaban J connectivity index is 1.55. The number of nitrogens with zero attached hydrogens (tertiary/aromatic N) is 3. The number of hydrogen-bond acceptors (Lipinski definition) is 4. The van der Waals surface area contributed by atoms with Gasteiger partial charge in [-0.25, -0.2) is 14.8 Å². The Bertz CT molecular complexity index is 1050. The summed E-state index contributed by atoms with van der Waals surface area (Å²) in [6.07, 6.45) is 8.03. The number of rotatable bonds is 2. The third-order valence-corrected chi connectivity index (χ3v) is 4.61. The number of aromatic amines is 2.